The van der Waals surface area contributed by atoms with Crippen molar-refractivity contribution in [1.82, 2.24) is 10.2 Å². The van der Waals surface area contributed by atoms with Crippen LogP contribution in [0.4, 0.5) is 8.78 Å². The van der Waals surface area contributed by atoms with E-state index in [4.69, 9.17) is 0 Å². The summed E-state index contributed by atoms with van der Waals surface area (Å²) in [7, 11) is 1.95. The second-order valence-electron chi connectivity index (χ2n) is 5.08. The molecular formula is C14H20F2N2. The summed E-state index contributed by atoms with van der Waals surface area (Å²) in [4.78, 5) is 2.04. The van der Waals surface area contributed by atoms with Gasteiger partial charge in [0.2, 0.25) is 0 Å². The Kier molecular flexibility index (Phi) is 4.66. The molecule has 1 atom stereocenters. The lowest BCUT2D eigenvalue weighted by Gasteiger charge is -2.28. The summed E-state index contributed by atoms with van der Waals surface area (Å²) < 4.78 is 26.6. The predicted octanol–water partition coefficient (Wildman–Crippen LogP) is 2.54. The Morgan fingerprint density at radius 2 is 2.17 bits per heavy atom. The molecule has 100 valence electrons. The van der Waals surface area contributed by atoms with Gasteiger partial charge < -0.3 is 10.2 Å². The van der Waals surface area contributed by atoms with Crippen molar-refractivity contribution in [3.63, 3.8) is 0 Å². The average Bonchev–Trinajstić information content (AvgIpc) is 2.35. The number of hydrogen-bond donors (Lipinski definition) is 1. The van der Waals surface area contributed by atoms with Crippen molar-refractivity contribution < 1.29 is 8.78 Å². The lowest BCUT2D eigenvalue weighted by molar-refractivity contribution is 0.253. The van der Waals surface area contributed by atoms with Crippen molar-refractivity contribution >= 4 is 0 Å². The molecule has 2 nitrogen and oxygen atoms in total. The average molecular weight is 254 g/mol. The molecule has 4 heteroatoms. The maximum atomic E-state index is 13.5. The van der Waals surface area contributed by atoms with Crippen molar-refractivity contribution in [3.8, 4) is 0 Å². The number of hydrogen-bond acceptors (Lipinski definition) is 2. The molecule has 2 rings (SSSR count). The SMILES string of the molecule is CN(Cc1cc(F)ccc1F)CC1CCCCN1. The van der Waals surface area contributed by atoms with Crippen LogP contribution in [0.2, 0.25) is 0 Å². The number of halogens is 2. The van der Waals surface area contributed by atoms with Crippen LogP contribution >= 0.6 is 0 Å². The standard InChI is InChI=1S/C14H20F2N2/c1-18(10-13-4-2-3-7-17-13)9-11-8-12(15)5-6-14(11)16/h5-6,8,13,17H,2-4,7,9-10H2,1H3. The molecule has 1 saturated heterocycles. The van der Waals surface area contributed by atoms with Gasteiger partial charge in [0, 0.05) is 24.7 Å². The van der Waals surface area contributed by atoms with Crippen molar-refractivity contribution in [2.45, 2.75) is 31.8 Å². The molecule has 1 aliphatic heterocycles. The van der Waals surface area contributed by atoms with Gasteiger partial charge in [0.25, 0.3) is 0 Å². The first kappa shape index (κ1) is 13.4. The van der Waals surface area contributed by atoms with Crippen molar-refractivity contribution in [3.05, 3.63) is 35.4 Å². The van der Waals surface area contributed by atoms with Gasteiger partial charge in [-0.25, -0.2) is 8.78 Å². The zero-order chi connectivity index (χ0) is 13.0. The zero-order valence-electron chi connectivity index (χ0n) is 10.8. The summed E-state index contributed by atoms with van der Waals surface area (Å²) in [5, 5.41) is 3.45. The fraction of sp³-hybridized carbons (Fsp3) is 0.571. The monoisotopic (exact) mass is 254 g/mol. The molecule has 1 aromatic rings. The van der Waals surface area contributed by atoms with E-state index in [0.29, 0.717) is 18.2 Å². The van der Waals surface area contributed by atoms with Crippen LogP contribution in [0, 0.1) is 11.6 Å². The van der Waals surface area contributed by atoms with Gasteiger partial charge in [0.15, 0.2) is 0 Å². The van der Waals surface area contributed by atoms with Gasteiger partial charge in [0.1, 0.15) is 11.6 Å². The van der Waals surface area contributed by atoms with Crippen LogP contribution in [0.3, 0.4) is 0 Å². The van der Waals surface area contributed by atoms with E-state index in [0.717, 1.165) is 25.6 Å². The smallest absolute Gasteiger partial charge is 0.127 e. The predicted molar refractivity (Wildman–Crippen MR) is 68.3 cm³/mol. The molecule has 0 bridgehead atoms. The first-order valence-corrected chi connectivity index (χ1v) is 6.51. The minimum atomic E-state index is -0.379. The molecule has 0 radical (unpaired) electrons. The normalized spacial score (nSPS) is 20.3. The number of piperidine rings is 1. The van der Waals surface area contributed by atoms with Gasteiger partial charge in [-0.1, -0.05) is 6.42 Å². The van der Waals surface area contributed by atoms with E-state index in [1.165, 1.54) is 25.0 Å². The molecule has 1 aromatic carbocycles. The molecule has 1 unspecified atom stereocenters. The van der Waals surface area contributed by atoms with E-state index in [1.54, 1.807) is 0 Å². The van der Waals surface area contributed by atoms with Crippen LogP contribution in [0.15, 0.2) is 18.2 Å². The number of nitrogens with zero attached hydrogens (tertiary/aromatic N) is 1. The van der Waals surface area contributed by atoms with Gasteiger partial charge in [-0.2, -0.15) is 0 Å². The number of nitrogens with one attached hydrogen (secondary N) is 1. The van der Waals surface area contributed by atoms with Crippen molar-refractivity contribution in [1.29, 1.82) is 0 Å². The van der Waals surface area contributed by atoms with Crippen LogP contribution in [-0.4, -0.2) is 31.1 Å². The fourth-order valence-electron chi connectivity index (χ4n) is 2.48. The Morgan fingerprint density at radius 3 is 2.89 bits per heavy atom. The Morgan fingerprint density at radius 1 is 1.33 bits per heavy atom. The van der Waals surface area contributed by atoms with E-state index < -0.39 is 0 Å². The first-order chi connectivity index (χ1) is 8.65. The molecular weight excluding hydrogens is 234 g/mol. The molecule has 1 aliphatic rings. The van der Waals surface area contributed by atoms with Gasteiger partial charge in [-0.3, -0.25) is 0 Å². The molecule has 0 aromatic heterocycles. The van der Waals surface area contributed by atoms with Crippen LogP contribution in [0.1, 0.15) is 24.8 Å². The Balaban J connectivity index is 1.89. The van der Waals surface area contributed by atoms with Gasteiger partial charge in [-0.15, -0.1) is 0 Å². The zero-order valence-corrected chi connectivity index (χ0v) is 10.8. The van der Waals surface area contributed by atoms with Crippen LogP contribution in [-0.2, 0) is 6.54 Å². The highest BCUT2D eigenvalue weighted by Gasteiger charge is 2.15. The van der Waals surface area contributed by atoms with Gasteiger partial charge in [0.05, 0.1) is 0 Å². The minimum absolute atomic E-state index is 0.333. The summed E-state index contributed by atoms with van der Waals surface area (Å²) in [6, 6.07) is 4.10. The van der Waals surface area contributed by atoms with Gasteiger partial charge in [-0.05, 0) is 44.6 Å². The summed E-state index contributed by atoms with van der Waals surface area (Å²) in [6.45, 7) is 2.38. The third-order valence-electron chi connectivity index (χ3n) is 3.39. The summed E-state index contributed by atoms with van der Waals surface area (Å²) in [5.41, 5.74) is 0.424. The van der Waals surface area contributed by atoms with E-state index in [1.807, 2.05) is 11.9 Å². The van der Waals surface area contributed by atoms with Crippen LogP contribution < -0.4 is 5.32 Å². The van der Waals surface area contributed by atoms with Crippen molar-refractivity contribution in [2.24, 2.45) is 0 Å². The van der Waals surface area contributed by atoms with Crippen LogP contribution in [0.5, 0.6) is 0 Å². The molecule has 0 saturated carbocycles. The topological polar surface area (TPSA) is 15.3 Å². The van der Waals surface area contributed by atoms with Gasteiger partial charge >= 0.3 is 0 Å². The second kappa shape index (κ2) is 6.25. The fourth-order valence-corrected chi connectivity index (χ4v) is 2.48. The quantitative estimate of drug-likeness (QED) is 0.888. The van der Waals surface area contributed by atoms with Crippen molar-refractivity contribution in [2.75, 3.05) is 20.1 Å². The van der Waals surface area contributed by atoms with E-state index in [9.17, 15) is 8.78 Å². The second-order valence-corrected chi connectivity index (χ2v) is 5.08. The molecule has 0 spiro atoms. The number of rotatable bonds is 4. The molecule has 0 amide bonds. The Labute approximate surface area is 107 Å². The van der Waals surface area contributed by atoms with Crippen LogP contribution in [0.25, 0.3) is 0 Å². The summed E-state index contributed by atoms with van der Waals surface area (Å²) in [5.74, 6) is -0.713. The molecule has 1 fully saturated rings. The largest absolute Gasteiger partial charge is 0.313 e. The summed E-state index contributed by atoms with van der Waals surface area (Å²) >= 11 is 0. The highest BCUT2D eigenvalue weighted by Crippen LogP contribution is 2.13. The summed E-state index contributed by atoms with van der Waals surface area (Å²) in [6.07, 6.45) is 3.65. The Hall–Kier alpha value is -1.00. The maximum absolute atomic E-state index is 13.5. The molecule has 18 heavy (non-hydrogen) atoms. The minimum Gasteiger partial charge on any atom is -0.313 e. The highest BCUT2D eigenvalue weighted by atomic mass is 19.1. The molecule has 1 heterocycles. The molecule has 0 aliphatic carbocycles. The first-order valence-electron chi connectivity index (χ1n) is 6.51. The van der Waals surface area contributed by atoms with E-state index >= 15 is 0 Å². The van der Waals surface area contributed by atoms with E-state index in [-0.39, 0.29) is 11.6 Å². The molecule has 1 N–H and O–H groups in total. The maximum Gasteiger partial charge on any atom is 0.127 e. The lowest BCUT2D eigenvalue weighted by Crippen LogP contribution is -2.42. The number of likely N-dealkylation sites (N-methyl/N-ethyl adjacent to an activating group) is 1. The number of benzene rings is 1. The lowest BCUT2D eigenvalue weighted by atomic mass is 10.0. The third-order valence-corrected chi connectivity index (χ3v) is 3.39. The van der Waals surface area contributed by atoms with E-state index in [2.05, 4.69) is 5.32 Å². The highest BCUT2D eigenvalue weighted by molar-refractivity contribution is 5.18. The Bertz CT molecular complexity index is 389. The third kappa shape index (κ3) is 3.75.